The molecule has 2 aromatic rings. The summed E-state index contributed by atoms with van der Waals surface area (Å²) in [6, 6.07) is 4.53. The molecule has 0 aliphatic rings. The van der Waals surface area contributed by atoms with Gasteiger partial charge in [-0.15, -0.1) is 0 Å². The predicted molar refractivity (Wildman–Crippen MR) is 43.1 cm³/mol. The van der Waals surface area contributed by atoms with Gasteiger partial charge in [0.25, 0.3) is 0 Å². The maximum Gasteiger partial charge on any atom is 0.419 e. The lowest BCUT2D eigenvalue weighted by atomic mass is 10.3. The van der Waals surface area contributed by atoms with Crippen molar-refractivity contribution >= 4 is 11.1 Å². The van der Waals surface area contributed by atoms with Crippen LogP contribution in [0.5, 0.6) is 5.75 Å². The van der Waals surface area contributed by atoms with Crippen LogP contribution in [0.3, 0.4) is 0 Å². The standard InChI is InChI=1S/C8H7NO3/c1-9-6-4-5(10)2-3-7(6)12-8(9)11/h2-4,10H,1H3. The highest BCUT2D eigenvalue weighted by molar-refractivity contribution is 5.74. The summed E-state index contributed by atoms with van der Waals surface area (Å²) in [6.45, 7) is 0. The molecule has 1 N–H and O–H groups in total. The molecule has 0 fully saturated rings. The summed E-state index contributed by atoms with van der Waals surface area (Å²) in [5, 5.41) is 9.11. The van der Waals surface area contributed by atoms with Crippen molar-refractivity contribution < 1.29 is 9.52 Å². The van der Waals surface area contributed by atoms with Gasteiger partial charge in [-0.3, -0.25) is 4.57 Å². The quantitative estimate of drug-likeness (QED) is 0.629. The normalized spacial score (nSPS) is 10.8. The third-order valence-electron chi connectivity index (χ3n) is 1.78. The number of aryl methyl sites for hydroxylation is 1. The molecule has 0 atom stereocenters. The minimum atomic E-state index is -0.421. The van der Waals surface area contributed by atoms with Crippen molar-refractivity contribution in [1.29, 1.82) is 0 Å². The second-order valence-corrected chi connectivity index (χ2v) is 2.58. The lowest BCUT2D eigenvalue weighted by Crippen LogP contribution is -2.08. The molecule has 0 saturated carbocycles. The fourth-order valence-electron chi connectivity index (χ4n) is 1.12. The van der Waals surface area contributed by atoms with Crippen molar-refractivity contribution in [2.24, 2.45) is 7.05 Å². The van der Waals surface area contributed by atoms with Crippen molar-refractivity contribution in [1.82, 2.24) is 4.57 Å². The van der Waals surface area contributed by atoms with E-state index in [0.717, 1.165) is 0 Å². The van der Waals surface area contributed by atoms with Gasteiger partial charge in [-0.25, -0.2) is 4.79 Å². The molecule has 4 heteroatoms. The number of nitrogens with zero attached hydrogens (tertiary/aromatic N) is 1. The minimum absolute atomic E-state index is 0.124. The van der Waals surface area contributed by atoms with Gasteiger partial charge in [0.05, 0.1) is 5.52 Å². The van der Waals surface area contributed by atoms with Gasteiger partial charge in [-0.1, -0.05) is 0 Å². The first-order valence-electron chi connectivity index (χ1n) is 3.47. The summed E-state index contributed by atoms with van der Waals surface area (Å²) in [7, 11) is 1.59. The Morgan fingerprint density at radius 2 is 2.25 bits per heavy atom. The van der Waals surface area contributed by atoms with Crippen LogP contribution in [0.2, 0.25) is 0 Å². The van der Waals surface area contributed by atoms with Gasteiger partial charge in [0.15, 0.2) is 5.58 Å². The van der Waals surface area contributed by atoms with Gasteiger partial charge in [-0.05, 0) is 12.1 Å². The van der Waals surface area contributed by atoms with Crippen LogP contribution < -0.4 is 5.76 Å². The molecule has 62 valence electrons. The third-order valence-corrected chi connectivity index (χ3v) is 1.78. The van der Waals surface area contributed by atoms with E-state index < -0.39 is 5.76 Å². The van der Waals surface area contributed by atoms with E-state index in [4.69, 9.17) is 9.52 Å². The first kappa shape index (κ1) is 6.97. The largest absolute Gasteiger partial charge is 0.508 e. The molecular formula is C8H7NO3. The van der Waals surface area contributed by atoms with Crippen LogP contribution in [0.4, 0.5) is 0 Å². The maximum atomic E-state index is 11.0. The molecule has 0 unspecified atom stereocenters. The average molecular weight is 165 g/mol. The Labute approximate surface area is 67.7 Å². The van der Waals surface area contributed by atoms with Crippen LogP contribution in [-0.2, 0) is 7.05 Å². The number of rotatable bonds is 0. The van der Waals surface area contributed by atoms with Gasteiger partial charge >= 0.3 is 5.76 Å². The van der Waals surface area contributed by atoms with E-state index in [1.807, 2.05) is 0 Å². The molecule has 0 spiro atoms. The molecule has 1 aromatic carbocycles. The topological polar surface area (TPSA) is 55.4 Å². The van der Waals surface area contributed by atoms with E-state index in [9.17, 15) is 4.79 Å². The summed E-state index contributed by atoms with van der Waals surface area (Å²) in [5.74, 6) is -0.297. The van der Waals surface area contributed by atoms with E-state index in [-0.39, 0.29) is 5.75 Å². The van der Waals surface area contributed by atoms with Crippen molar-refractivity contribution in [2.75, 3.05) is 0 Å². The van der Waals surface area contributed by atoms with Gasteiger partial charge in [0.2, 0.25) is 0 Å². The Balaban J connectivity index is 2.98. The summed E-state index contributed by atoms with van der Waals surface area (Å²) >= 11 is 0. The van der Waals surface area contributed by atoms with Crippen LogP contribution >= 0.6 is 0 Å². The van der Waals surface area contributed by atoms with Crippen LogP contribution in [0.1, 0.15) is 0 Å². The van der Waals surface area contributed by atoms with Crippen LogP contribution in [0.15, 0.2) is 27.4 Å². The Morgan fingerprint density at radius 1 is 1.50 bits per heavy atom. The molecular weight excluding hydrogens is 158 g/mol. The zero-order valence-electron chi connectivity index (χ0n) is 6.44. The van der Waals surface area contributed by atoms with Crippen molar-refractivity contribution in [3.8, 4) is 5.75 Å². The fourth-order valence-corrected chi connectivity index (χ4v) is 1.12. The second kappa shape index (κ2) is 2.14. The average Bonchev–Trinajstić information content (AvgIpc) is 2.31. The van der Waals surface area contributed by atoms with Gasteiger partial charge in [0, 0.05) is 13.1 Å². The molecule has 12 heavy (non-hydrogen) atoms. The smallest absolute Gasteiger partial charge is 0.419 e. The molecule has 0 saturated heterocycles. The molecule has 0 radical (unpaired) electrons. The predicted octanol–water partition coefficient (Wildman–Crippen LogP) is 0.837. The monoisotopic (exact) mass is 165 g/mol. The number of aromatic nitrogens is 1. The maximum absolute atomic E-state index is 11.0. The number of aromatic hydroxyl groups is 1. The zero-order valence-corrected chi connectivity index (χ0v) is 6.44. The summed E-state index contributed by atoms with van der Waals surface area (Å²) in [6.07, 6.45) is 0. The Bertz CT molecular complexity index is 480. The number of phenols is 1. The Morgan fingerprint density at radius 3 is 3.00 bits per heavy atom. The van der Waals surface area contributed by atoms with E-state index in [1.54, 1.807) is 13.1 Å². The summed E-state index contributed by atoms with van der Waals surface area (Å²) in [5.41, 5.74) is 1.08. The van der Waals surface area contributed by atoms with Crippen molar-refractivity contribution in [2.45, 2.75) is 0 Å². The van der Waals surface area contributed by atoms with Crippen molar-refractivity contribution in [3.05, 3.63) is 28.7 Å². The molecule has 4 nitrogen and oxygen atoms in total. The van der Waals surface area contributed by atoms with Crippen molar-refractivity contribution in [3.63, 3.8) is 0 Å². The second-order valence-electron chi connectivity index (χ2n) is 2.58. The summed E-state index contributed by atoms with van der Waals surface area (Å²) < 4.78 is 6.19. The van der Waals surface area contributed by atoms with Crippen LogP contribution in [0, 0.1) is 0 Å². The fraction of sp³-hybridized carbons (Fsp3) is 0.125. The zero-order chi connectivity index (χ0) is 8.72. The first-order chi connectivity index (χ1) is 5.68. The molecule has 0 aliphatic heterocycles. The Kier molecular flexibility index (Phi) is 1.24. The first-order valence-corrected chi connectivity index (χ1v) is 3.47. The molecule has 1 aromatic heterocycles. The number of phenolic OH excluding ortho intramolecular Hbond substituents is 1. The van der Waals surface area contributed by atoms with E-state index in [1.165, 1.54) is 16.7 Å². The molecule has 0 amide bonds. The molecule has 1 heterocycles. The highest BCUT2D eigenvalue weighted by Gasteiger charge is 2.04. The molecule has 0 bridgehead atoms. The van der Waals surface area contributed by atoms with Gasteiger partial charge in [0.1, 0.15) is 5.75 Å². The highest BCUT2D eigenvalue weighted by Crippen LogP contribution is 2.17. The minimum Gasteiger partial charge on any atom is -0.508 e. The molecule has 0 aliphatic carbocycles. The number of hydrogen-bond acceptors (Lipinski definition) is 3. The number of fused-ring (bicyclic) bond motifs is 1. The highest BCUT2D eigenvalue weighted by atomic mass is 16.4. The third kappa shape index (κ3) is 0.812. The van der Waals surface area contributed by atoms with E-state index in [2.05, 4.69) is 0 Å². The molecule has 2 rings (SSSR count). The number of hydrogen-bond donors (Lipinski definition) is 1. The van der Waals surface area contributed by atoms with E-state index in [0.29, 0.717) is 11.1 Å². The van der Waals surface area contributed by atoms with E-state index >= 15 is 0 Å². The van der Waals surface area contributed by atoms with Gasteiger partial charge in [-0.2, -0.15) is 0 Å². The summed E-state index contributed by atoms with van der Waals surface area (Å²) in [4.78, 5) is 11.0. The lowest BCUT2D eigenvalue weighted by molar-refractivity contribution is 0.475. The number of oxazole rings is 1. The van der Waals surface area contributed by atoms with Crippen LogP contribution in [-0.4, -0.2) is 9.67 Å². The number of benzene rings is 1. The van der Waals surface area contributed by atoms with Crippen LogP contribution in [0.25, 0.3) is 11.1 Å². The SMILES string of the molecule is Cn1c(=O)oc2ccc(O)cc21. The lowest BCUT2D eigenvalue weighted by Gasteiger charge is -1.91. The van der Waals surface area contributed by atoms with Gasteiger partial charge < -0.3 is 9.52 Å². The Hall–Kier alpha value is -1.71.